The Morgan fingerprint density at radius 2 is 1.68 bits per heavy atom. The third-order valence-corrected chi connectivity index (χ3v) is 7.14. The van der Waals surface area contributed by atoms with Crippen LogP contribution in [0.3, 0.4) is 0 Å². The quantitative estimate of drug-likeness (QED) is 0.153. The molecule has 1 amide bonds. The van der Waals surface area contributed by atoms with Crippen LogP contribution in [0.1, 0.15) is 48.3 Å². The molecule has 0 unspecified atom stereocenters. The first kappa shape index (κ1) is 29.2. The third kappa shape index (κ3) is 7.25. The highest BCUT2D eigenvalue weighted by Gasteiger charge is 2.20. The van der Waals surface area contributed by atoms with Crippen LogP contribution in [0.15, 0.2) is 42.5 Å². The van der Waals surface area contributed by atoms with Gasteiger partial charge in [0.25, 0.3) is 11.6 Å². The number of nitro groups is 1. The van der Waals surface area contributed by atoms with Crippen molar-refractivity contribution in [2.75, 3.05) is 63.2 Å². The lowest BCUT2D eigenvalue weighted by Gasteiger charge is -2.21. The number of pyridine rings is 1. The third-order valence-electron chi connectivity index (χ3n) is 7.14. The topological polar surface area (TPSA) is 119 Å². The maximum Gasteiger partial charge on any atom is 0.293 e. The van der Waals surface area contributed by atoms with E-state index in [0.29, 0.717) is 63.9 Å². The van der Waals surface area contributed by atoms with Crippen LogP contribution in [0, 0.1) is 10.1 Å². The van der Waals surface area contributed by atoms with Crippen molar-refractivity contribution in [1.29, 1.82) is 0 Å². The van der Waals surface area contributed by atoms with Crippen LogP contribution < -0.4 is 10.6 Å². The summed E-state index contributed by atoms with van der Waals surface area (Å²) >= 11 is 0. The van der Waals surface area contributed by atoms with E-state index in [1.54, 1.807) is 17.0 Å². The zero-order valence-electron chi connectivity index (χ0n) is 23.4. The lowest BCUT2D eigenvalue weighted by atomic mass is 9.92. The molecule has 2 aromatic carbocycles. The summed E-state index contributed by atoms with van der Waals surface area (Å²) in [5, 5.41) is 19.4. The number of aryl methyl sites for hydroxylation is 1. The van der Waals surface area contributed by atoms with Crippen LogP contribution in [-0.4, -0.2) is 73.3 Å². The largest absolute Gasteiger partial charge is 0.382 e. The van der Waals surface area contributed by atoms with Crippen LogP contribution in [-0.2, 0) is 22.3 Å². The van der Waals surface area contributed by atoms with E-state index < -0.39 is 4.92 Å². The van der Waals surface area contributed by atoms with Crippen LogP contribution >= 0.6 is 0 Å². The second-order valence-corrected chi connectivity index (χ2v) is 9.68. The second-order valence-electron chi connectivity index (χ2n) is 9.68. The van der Waals surface area contributed by atoms with E-state index in [9.17, 15) is 14.9 Å². The predicted molar refractivity (Wildman–Crippen MR) is 157 cm³/mol. The summed E-state index contributed by atoms with van der Waals surface area (Å²) in [4.78, 5) is 30.2. The summed E-state index contributed by atoms with van der Waals surface area (Å²) in [7, 11) is 0. The number of nitro benzene ring substituents is 1. The number of aromatic nitrogens is 1. The predicted octanol–water partition coefficient (Wildman–Crippen LogP) is 5.06. The number of amides is 1. The fourth-order valence-corrected chi connectivity index (χ4v) is 5.06. The molecule has 1 aliphatic carbocycles. The van der Waals surface area contributed by atoms with Crippen molar-refractivity contribution in [1.82, 2.24) is 9.88 Å². The SMILES string of the molecule is CCN(CC)C(=O)c1ccc(NCCOCCOCCNc2c3c(nc4ccccc24)CCCC3)c([N+](=O)[O-])c1. The molecular weight excluding hydrogens is 510 g/mol. The smallest absolute Gasteiger partial charge is 0.293 e. The first-order chi connectivity index (χ1) is 19.5. The van der Waals surface area contributed by atoms with Gasteiger partial charge >= 0.3 is 0 Å². The van der Waals surface area contributed by atoms with Gasteiger partial charge in [0.05, 0.1) is 36.9 Å². The van der Waals surface area contributed by atoms with Gasteiger partial charge in [0.1, 0.15) is 5.69 Å². The van der Waals surface area contributed by atoms with Gasteiger partial charge in [0.15, 0.2) is 0 Å². The zero-order valence-corrected chi connectivity index (χ0v) is 23.4. The van der Waals surface area contributed by atoms with E-state index in [-0.39, 0.29) is 11.6 Å². The molecule has 1 heterocycles. The monoisotopic (exact) mass is 549 g/mol. The standard InChI is InChI=1S/C30H39N5O5/c1-3-34(4-2)30(36)22-13-14-27(28(21-22)35(37)38)31-15-17-39-19-20-40-18-16-32-29-23-9-5-7-11-25(23)33-26-12-8-6-10-24(26)29/h5,7,9,11,13-14,21,31H,3-4,6,8,10,12,15-20H2,1-2H3,(H,32,33). The molecule has 10 heteroatoms. The Morgan fingerprint density at radius 1 is 0.975 bits per heavy atom. The number of nitrogens with one attached hydrogen (secondary N) is 2. The van der Waals surface area contributed by atoms with Gasteiger partial charge in [0.2, 0.25) is 0 Å². The van der Waals surface area contributed by atoms with Gasteiger partial charge in [-0.1, -0.05) is 18.2 Å². The maximum absolute atomic E-state index is 12.5. The summed E-state index contributed by atoms with van der Waals surface area (Å²) in [6.45, 7) is 7.74. The van der Waals surface area contributed by atoms with Gasteiger partial charge in [-0.2, -0.15) is 0 Å². The molecule has 0 aliphatic heterocycles. The average molecular weight is 550 g/mol. The highest BCUT2D eigenvalue weighted by Crippen LogP contribution is 2.33. The Labute approximate surface area is 235 Å². The highest BCUT2D eigenvalue weighted by molar-refractivity contribution is 5.96. The summed E-state index contributed by atoms with van der Waals surface area (Å²) in [5.41, 5.74) is 5.31. The van der Waals surface area contributed by atoms with Gasteiger partial charge in [-0.3, -0.25) is 19.9 Å². The molecule has 2 N–H and O–H groups in total. The number of fused-ring (bicyclic) bond motifs is 2. The number of para-hydroxylation sites is 1. The molecule has 0 spiro atoms. The van der Waals surface area contributed by atoms with Crippen molar-refractivity contribution >= 4 is 33.9 Å². The van der Waals surface area contributed by atoms with Crippen LogP contribution in [0.25, 0.3) is 10.9 Å². The molecule has 0 bridgehead atoms. The van der Waals surface area contributed by atoms with Crippen LogP contribution in [0.2, 0.25) is 0 Å². The maximum atomic E-state index is 12.5. The minimum Gasteiger partial charge on any atom is -0.382 e. The fraction of sp³-hybridized carbons (Fsp3) is 0.467. The molecule has 10 nitrogen and oxygen atoms in total. The number of hydrogen-bond donors (Lipinski definition) is 2. The van der Waals surface area contributed by atoms with Crippen molar-refractivity contribution in [2.45, 2.75) is 39.5 Å². The Bertz CT molecular complexity index is 1310. The van der Waals surface area contributed by atoms with Crippen molar-refractivity contribution in [3.05, 3.63) is 69.4 Å². The molecule has 0 saturated carbocycles. The number of ether oxygens (including phenoxy) is 2. The van der Waals surface area contributed by atoms with E-state index in [4.69, 9.17) is 14.5 Å². The summed E-state index contributed by atoms with van der Waals surface area (Å²) in [6, 6.07) is 12.8. The number of benzene rings is 2. The first-order valence-electron chi connectivity index (χ1n) is 14.1. The lowest BCUT2D eigenvalue weighted by Crippen LogP contribution is -2.30. The summed E-state index contributed by atoms with van der Waals surface area (Å²) in [5.74, 6) is -0.216. The van der Waals surface area contributed by atoms with Crippen molar-refractivity contribution in [3.8, 4) is 0 Å². The molecule has 1 aliphatic rings. The second kappa shape index (κ2) is 14.6. The Morgan fingerprint density at radius 3 is 2.40 bits per heavy atom. The number of nitrogens with zero attached hydrogens (tertiary/aromatic N) is 3. The number of rotatable bonds is 15. The Hall–Kier alpha value is -3.76. The van der Waals surface area contributed by atoms with E-state index in [1.165, 1.54) is 35.9 Å². The molecule has 0 fully saturated rings. The molecule has 40 heavy (non-hydrogen) atoms. The summed E-state index contributed by atoms with van der Waals surface area (Å²) < 4.78 is 11.4. The van der Waals surface area contributed by atoms with E-state index in [0.717, 1.165) is 23.7 Å². The number of hydrogen-bond acceptors (Lipinski definition) is 8. The fourth-order valence-electron chi connectivity index (χ4n) is 5.06. The van der Waals surface area contributed by atoms with Crippen molar-refractivity contribution in [3.63, 3.8) is 0 Å². The van der Waals surface area contributed by atoms with Gasteiger partial charge in [0, 0.05) is 54.6 Å². The molecule has 0 saturated heterocycles. The van der Waals surface area contributed by atoms with Gasteiger partial charge in [-0.05, 0) is 63.3 Å². The van der Waals surface area contributed by atoms with E-state index >= 15 is 0 Å². The highest BCUT2D eigenvalue weighted by atomic mass is 16.6. The molecular formula is C30H39N5O5. The van der Waals surface area contributed by atoms with Crippen LogP contribution in [0.4, 0.5) is 17.1 Å². The van der Waals surface area contributed by atoms with Gasteiger partial charge in [-0.25, -0.2) is 0 Å². The molecule has 214 valence electrons. The molecule has 0 atom stereocenters. The van der Waals surface area contributed by atoms with Gasteiger partial charge in [-0.15, -0.1) is 0 Å². The zero-order chi connectivity index (χ0) is 28.3. The molecule has 0 radical (unpaired) electrons. The van der Waals surface area contributed by atoms with Crippen LogP contribution in [0.5, 0.6) is 0 Å². The molecule has 4 rings (SSSR count). The number of carbonyl (C=O) groups excluding carboxylic acids is 1. The van der Waals surface area contributed by atoms with Crippen molar-refractivity contribution in [2.24, 2.45) is 0 Å². The lowest BCUT2D eigenvalue weighted by molar-refractivity contribution is -0.384. The normalized spacial score (nSPS) is 12.7. The van der Waals surface area contributed by atoms with Crippen molar-refractivity contribution < 1.29 is 19.2 Å². The van der Waals surface area contributed by atoms with E-state index in [1.807, 2.05) is 19.9 Å². The average Bonchev–Trinajstić information content (AvgIpc) is 2.98. The Kier molecular flexibility index (Phi) is 10.7. The van der Waals surface area contributed by atoms with Gasteiger partial charge < -0.3 is 25.0 Å². The minimum atomic E-state index is -0.478. The Balaban J connectivity index is 1.16. The molecule has 3 aromatic rings. The number of anilines is 2. The first-order valence-corrected chi connectivity index (χ1v) is 14.1. The van der Waals surface area contributed by atoms with E-state index in [2.05, 4.69) is 28.8 Å². The summed E-state index contributed by atoms with van der Waals surface area (Å²) in [6.07, 6.45) is 4.48. The molecule has 1 aromatic heterocycles. The number of carbonyl (C=O) groups is 1. The minimum absolute atomic E-state index is 0.128.